The van der Waals surface area contributed by atoms with E-state index in [0.717, 1.165) is 18.5 Å². The summed E-state index contributed by atoms with van der Waals surface area (Å²) in [7, 11) is 0. The summed E-state index contributed by atoms with van der Waals surface area (Å²) in [6.07, 6.45) is 6.40. The summed E-state index contributed by atoms with van der Waals surface area (Å²) in [6, 6.07) is 11.4. The van der Waals surface area contributed by atoms with Crippen molar-refractivity contribution in [2.75, 3.05) is 11.9 Å². The molecule has 5 nitrogen and oxygen atoms in total. The van der Waals surface area contributed by atoms with E-state index in [1.807, 2.05) is 36.5 Å². The number of carbonyl (C=O) groups is 1. The van der Waals surface area contributed by atoms with Crippen LogP contribution < -0.4 is 10.6 Å². The first-order chi connectivity index (χ1) is 10.3. The summed E-state index contributed by atoms with van der Waals surface area (Å²) in [6.45, 7) is 2.87. The molecule has 0 saturated heterocycles. The quantitative estimate of drug-likeness (QED) is 0.764. The Balaban J connectivity index is 1.78. The Hall–Kier alpha value is -2.30. The molecule has 5 heteroatoms. The molecule has 0 saturated carbocycles. The third-order valence-electron chi connectivity index (χ3n) is 3.17. The molecule has 0 spiro atoms. The van der Waals surface area contributed by atoms with Gasteiger partial charge in [0.1, 0.15) is 0 Å². The molecule has 112 valence electrons. The average molecular weight is 286 g/mol. The summed E-state index contributed by atoms with van der Waals surface area (Å²) in [5, 5.41) is 9.90. The van der Waals surface area contributed by atoms with Crippen LogP contribution in [0, 0.1) is 0 Å². The van der Waals surface area contributed by atoms with Crippen LogP contribution in [0.1, 0.15) is 32.6 Å². The zero-order chi connectivity index (χ0) is 14.9. The van der Waals surface area contributed by atoms with Gasteiger partial charge in [0.05, 0.1) is 5.69 Å². The van der Waals surface area contributed by atoms with E-state index in [1.54, 1.807) is 10.7 Å². The average Bonchev–Trinajstić information content (AvgIpc) is 2.96. The van der Waals surface area contributed by atoms with Gasteiger partial charge in [0.25, 0.3) is 0 Å². The molecule has 1 aromatic heterocycles. The first-order valence-corrected chi connectivity index (χ1v) is 7.45. The fourth-order valence-corrected chi connectivity index (χ4v) is 2.03. The van der Waals surface area contributed by atoms with E-state index in [2.05, 4.69) is 22.7 Å². The minimum Gasteiger partial charge on any atom is -0.338 e. The number of benzene rings is 1. The van der Waals surface area contributed by atoms with Crippen LogP contribution >= 0.6 is 0 Å². The molecule has 0 bridgehead atoms. The monoisotopic (exact) mass is 286 g/mol. The van der Waals surface area contributed by atoms with E-state index in [0.29, 0.717) is 12.4 Å². The number of rotatable bonds is 7. The Bertz CT molecular complexity index is 550. The Labute approximate surface area is 125 Å². The minimum atomic E-state index is -0.204. The van der Waals surface area contributed by atoms with E-state index in [9.17, 15) is 4.79 Å². The number of aromatic nitrogens is 2. The van der Waals surface area contributed by atoms with E-state index < -0.39 is 0 Å². The van der Waals surface area contributed by atoms with Gasteiger partial charge in [-0.25, -0.2) is 9.48 Å². The van der Waals surface area contributed by atoms with Gasteiger partial charge < -0.3 is 5.32 Å². The minimum absolute atomic E-state index is 0.204. The molecule has 0 aliphatic rings. The second kappa shape index (κ2) is 8.09. The van der Waals surface area contributed by atoms with Crippen molar-refractivity contribution in [3.05, 3.63) is 42.6 Å². The van der Waals surface area contributed by atoms with Crippen molar-refractivity contribution in [3.63, 3.8) is 0 Å². The first kappa shape index (κ1) is 15.1. The number of nitrogens with zero attached hydrogens (tertiary/aromatic N) is 2. The molecule has 2 aromatic rings. The summed E-state index contributed by atoms with van der Waals surface area (Å²) in [4.78, 5) is 11.7. The zero-order valence-corrected chi connectivity index (χ0v) is 12.4. The van der Waals surface area contributed by atoms with E-state index in [4.69, 9.17) is 0 Å². The SMILES string of the molecule is CCCCCCNC(=O)Nc1ccn(-c2ccccc2)n1. The van der Waals surface area contributed by atoms with Crippen LogP contribution in [0.4, 0.5) is 10.6 Å². The van der Waals surface area contributed by atoms with Crippen molar-refractivity contribution in [1.29, 1.82) is 0 Å². The maximum absolute atomic E-state index is 11.7. The van der Waals surface area contributed by atoms with E-state index >= 15 is 0 Å². The van der Waals surface area contributed by atoms with Gasteiger partial charge in [-0.2, -0.15) is 0 Å². The fourth-order valence-electron chi connectivity index (χ4n) is 2.03. The normalized spacial score (nSPS) is 10.3. The first-order valence-electron chi connectivity index (χ1n) is 7.45. The number of urea groups is 1. The fraction of sp³-hybridized carbons (Fsp3) is 0.375. The van der Waals surface area contributed by atoms with Gasteiger partial charge in [-0.05, 0) is 18.6 Å². The van der Waals surface area contributed by atoms with Crippen LogP contribution in [0.3, 0.4) is 0 Å². The number of anilines is 1. The smallest absolute Gasteiger partial charge is 0.320 e. The van der Waals surface area contributed by atoms with Gasteiger partial charge in [-0.15, -0.1) is 5.10 Å². The summed E-state index contributed by atoms with van der Waals surface area (Å²) >= 11 is 0. The molecule has 21 heavy (non-hydrogen) atoms. The van der Waals surface area contributed by atoms with Crippen molar-refractivity contribution in [1.82, 2.24) is 15.1 Å². The Morgan fingerprint density at radius 3 is 2.71 bits per heavy atom. The molecule has 0 aliphatic carbocycles. The van der Waals surface area contributed by atoms with Gasteiger partial charge >= 0.3 is 6.03 Å². The molecule has 0 fully saturated rings. The van der Waals surface area contributed by atoms with Gasteiger partial charge in [0.15, 0.2) is 5.82 Å². The van der Waals surface area contributed by atoms with Crippen LogP contribution in [0.5, 0.6) is 0 Å². The largest absolute Gasteiger partial charge is 0.338 e. The molecular weight excluding hydrogens is 264 g/mol. The molecule has 0 radical (unpaired) electrons. The predicted octanol–water partition coefficient (Wildman–Crippen LogP) is 3.57. The van der Waals surface area contributed by atoms with Crippen molar-refractivity contribution in [2.45, 2.75) is 32.6 Å². The number of carbonyl (C=O) groups excluding carboxylic acids is 1. The molecule has 2 rings (SSSR count). The topological polar surface area (TPSA) is 59.0 Å². The van der Waals surface area contributed by atoms with Crippen molar-refractivity contribution in [2.24, 2.45) is 0 Å². The third kappa shape index (κ3) is 4.95. The molecule has 1 heterocycles. The molecule has 0 aliphatic heterocycles. The number of amides is 2. The maximum atomic E-state index is 11.7. The number of unbranched alkanes of at least 4 members (excludes halogenated alkanes) is 3. The Morgan fingerprint density at radius 2 is 1.95 bits per heavy atom. The summed E-state index contributed by atoms with van der Waals surface area (Å²) in [5.74, 6) is 0.546. The van der Waals surface area contributed by atoms with Crippen LogP contribution in [0.15, 0.2) is 42.6 Å². The standard InChI is InChI=1S/C16H22N4O/c1-2-3-4-8-12-17-16(21)18-15-11-13-20(19-15)14-9-6-5-7-10-14/h5-7,9-11,13H,2-4,8,12H2,1H3,(H2,17,18,19,21). The van der Waals surface area contributed by atoms with Crippen LogP contribution in [0.25, 0.3) is 5.69 Å². The zero-order valence-electron chi connectivity index (χ0n) is 12.4. The summed E-state index contributed by atoms with van der Waals surface area (Å²) in [5.41, 5.74) is 0.963. The highest BCUT2D eigenvalue weighted by molar-refractivity contribution is 5.88. The van der Waals surface area contributed by atoms with E-state index in [1.165, 1.54) is 12.8 Å². The summed E-state index contributed by atoms with van der Waals surface area (Å²) < 4.78 is 1.73. The van der Waals surface area contributed by atoms with Gasteiger partial charge in [-0.3, -0.25) is 5.32 Å². The highest BCUT2D eigenvalue weighted by atomic mass is 16.2. The lowest BCUT2D eigenvalue weighted by atomic mass is 10.2. The number of nitrogens with one attached hydrogen (secondary N) is 2. The molecule has 0 atom stereocenters. The van der Waals surface area contributed by atoms with E-state index in [-0.39, 0.29) is 6.03 Å². The van der Waals surface area contributed by atoms with Gasteiger partial charge in [-0.1, -0.05) is 44.4 Å². The van der Waals surface area contributed by atoms with Crippen molar-refractivity contribution in [3.8, 4) is 5.69 Å². The lowest BCUT2D eigenvalue weighted by molar-refractivity contribution is 0.252. The Kier molecular flexibility index (Phi) is 5.82. The highest BCUT2D eigenvalue weighted by Crippen LogP contribution is 2.09. The number of para-hydroxylation sites is 1. The molecule has 2 N–H and O–H groups in total. The highest BCUT2D eigenvalue weighted by Gasteiger charge is 2.04. The molecular formula is C16H22N4O. The Morgan fingerprint density at radius 1 is 1.14 bits per heavy atom. The van der Waals surface area contributed by atoms with Crippen LogP contribution in [0.2, 0.25) is 0 Å². The number of hydrogen-bond donors (Lipinski definition) is 2. The lowest BCUT2D eigenvalue weighted by Crippen LogP contribution is -2.29. The third-order valence-corrected chi connectivity index (χ3v) is 3.17. The second-order valence-corrected chi connectivity index (χ2v) is 4.92. The van der Waals surface area contributed by atoms with Crippen molar-refractivity contribution >= 4 is 11.8 Å². The van der Waals surface area contributed by atoms with Gasteiger partial charge in [0, 0.05) is 18.8 Å². The maximum Gasteiger partial charge on any atom is 0.320 e. The van der Waals surface area contributed by atoms with Crippen LogP contribution in [-0.4, -0.2) is 22.4 Å². The molecule has 0 unspecified atom stereocenters. The van der Waals surface area contributed by atoms with Crippen LogP contribution in [-0.2, 0) is 0 Å². The molecule has 2 amide bonds. The predicted molar refractivity (Wildman–Crippen MR) is 84.7 cm³/mol. The second-order valence-electron chi connectivity index (χ2n) is 4.92. The van der Waals surface area contributed by atoms with Crippen molar-refractivity contribution < 1.29 is 4.79 Å². The number of hydrogen-bond acceptors (Lipinski definition) is 2. The molecule has 1 aromatic carbocycles. The lowest BCUT2D eigenvalue weighted by Gasteiger charge is -2.05. The van der Waals surface area contributed by atoms with Gasteiger partial charge in [0.2, 0.25) is 0 Å².